The van der Waals surface area contributed by atoms with E-state index in [4.69, 9.17) is 5.73 Å². The van der Waals surface area contributed by atoms with Gasteiger partial charge in [0, 0.05) is 6.54 Å². The quantitative estimate of drug-likeness (QED) is 0.765. The molecule has 2 nitrogen and oxygen atoms in total. The summed E-state index contributed by atoms with van der Waals surface area (Å²) in [5.41, 5.74) is 6.20. The van der Waals surface area contributed by atoms with E-state index in [1.165, 1.54) is 12.1 Å². The fraction of sp³-hybridized carbons (Fsp3) is 0.538. The first-order valence-electron chi connectivity index (χ1n) is 5.62. The predicted molar refractivity (Wildman–Crippen MR) is 61.6 cm³/mol. The van der Waals surface area contributed by atoms with Gasteiger partial charge >= 0.3 is 0 Å². The highest BCUT2D eigenvalue weighted by Gasteiger charge is 2.40. The first-order valence-corrected chi connectivity index (χ1v) is 5.62. The Labute approximate surface area is 95.3 Å². The summed E-state index contributed by atoms with van der Waals surface area (Å²) in [5.74, 6) is -0.316. The lowest BCUT2D eigenvalue weighted by atomic mass is 9.67. The van der Waals surface area contributed by atoms with Gasteiger partial charge in [-0.3, -0.25) is 0 Å². The average molecular weight is 223 g/mol. The molecule has 2 rings (SSSR count). The molecule has 3 N–H and O–H groups in total. The van der Waals surface area contributed by atoms with Crippen LogP contribution in [0.1, 0.15) is 37.8 Å². The number of halogens is 1. The molecule has 3 heteroatoms. The van der Waals surface area contributed by atoms with Gasteiger partial charge in [0.15, 0.2) is 0 Å². The van der Waals surface area contributed by atoms with Gasteiger partial charge in [0.2, 0.25) is 0 Å². The third kappa shape index (κ3) is 1.64. The van der Waals surface area contributed by atoms with Crippen molar-refractivity contribution >= 4 is 0 Å². The highest BCUT2D eigenvalue weighted by Crippen LogP contribution is 2.44. The maximum atomic E-state index is 13.3. The van der Waals surface area contributed by atoms with E-state index in [-0.39, 0.29) is 17.8 Å². The number of benzene rings is 1. The fourth-order valence-corrected chi connectivity index (χ4v) is 2.49. The Bertz CT molecular complexity index is 416. The van der Waals surface area contributed by atoms with E-state index in [9.17, 15) is 9.50 Å². The Morgan fingerprint density at radius 3 is 2.62 bits per heavy atom. The molecule has 1 atom stereocenters. The molecule has 1 aliphatic carbocycles. The van der Waals surface area contributed by atoms with Gasteiger partial charge in [-0.05, 0) is 41.5 Å². The number of fused-ring (bicyclic) bond motifs is 1. The number of nitrogens with two attached hydrogens (primary N) is 1. The molecule has 1 aromatic rings. The summed E-state index contributed by atoms with van der Waals surface area (Å²) in [4.78, 5) is 0. The summed E-state index contributed by atoms with van der Waals surface area (Å²) in [6.07, 6.45) is 1.45. The Kier molecular flexibility index (Phi) is 2.55. The number of rotatable bonds is 1. The molecule has 0 spiro atoms. The summed E-state index contributed by atoms with van der Waals surface area (Å²) in [5, 5.41) is 10.4. The molecule has 0 aliphatic heterocycles. The highest BCUT2D eigenvalue weighted by molar-refractivity contribution is 5.40. The van der Waals surface area contributed by atoms with Crippen molar-refractivity contribution in [2.45, 2.75) is 37.7 Å². The zero-order valence-electron chi connectivity index (χ0n) is 9.76. The molecule has 1 unspecified atom stereocenters. The maximum Gasteiger partial charge on any atom is 0.123 e. The lowest BCUT2D eigenvalue weighted by Crippen LogP contribution is -2.42. The molecule has 1 aromatic carbocycles. The molecule has 0 saturated carbocycles. The lowest BCUT2D eigenvalue weighted by Gasteiger charge is -2.41. The molecule has 0 saturated heterocycles. The second-order valence-electron chi connectivity index (χ2n) is 5.31. The third-order valence-electron chi connectivity index (χ3n) is 3.71. The smallest absolute Gasteiger partial charge is 0.123 e. The number of hydrogen-bond acceptors (Lipinski definition) is 2. The maximum absolute atomic E-state index is 13.3. The minimum atomic E-state index is -1.06. The highest BCUT2D eigenvalue weighted by atomic mass is 19.1. The van der Waals surface area contributed by atoms with Gasteiger partial charge in [0.25, 0.3) is 0 Å². The van der Waals surface area contributed by atoms with Crippen LogP contribution in [0.3, 0.4) is 0 Å². The van der Waals surface area contributed by atoms with Crippen LogP contribution in [0.25, 0.3) is 0 Å². The minimum absolute atomic E-state index is 0.0234. The van der Waals surface area contributed by atoms with Gasteiger partial charge in [-0.15, -0.1) is 0 Å². The number of aliphatic hydroxyl groups is 1. The number of hydrogen-bond donors (Lipinski definition) is 2. The van der Waals surface area contributed by atoms with Crippen molar-refractivity contribution in [3.63, 3.8) is 0 Å². The Morgan fingerprint density at radius 1 is 1.31 bits per heavy atom. The minimum Gasteiger partial charge on any atom is -0.384 e. The van der Waals surface area contributed by atoms with E-state index in [1.54, 1.807) is 6.07 Å². The predicted octanol–water partition coefficient (Wildman–Crippen LogP) is 2.04. The van der Waals surface area contributed by atoms with Crippen LogP contribution < -0.4 is 5.73 Å². The summed E-state index contributed by atoms with van der Waals surface area (Å²) < 4.78 is 13.3. The second-order valence-corrected chi connectivity index (χ2v) is 5.31. The molecule has 0 radical (unpaired) electrons. The van der Waals surface area contributed by atoms with E-state index >= 15 is 0 Å². The zero-order valence-corrected chi connectivity index (χ0v) is 9.76. The molecule has 16 heavy (non-hydrogen) atoms. The molecule has 88 valence electrons. The molecule has 0 amide bonds. The Balaban J connectivity index is 2.63. The summed E-state index contributed by atoms with van der Waals surface area (Å²) in [6.45, 7) is 4.36. The fourth-order valence-electron chi connectivity index (χ4n) is 2.49. The average Bonchev–Trinajstić information content (AvgIpc) is 2.24. The van der Waals surface area contributed by atoms with Gasteiger partial charge in [0.05, 0.1) is 0 Å². The third-order valence-corrected chi connectivity index (χ3v) is 3.71. The zero-order chi connectivity index (χ0) is 12.0. The van der Waals surface area contributed by atoms with Crippen LogP contribution in [-0.4, -0.2) is 11.7 Å². The molecular weight excluding hydrogens is 205 g/mol. The molecular formula is C13H18FNO. The van der Waals surface area contributed by atoms with Crippen molar-refractivity contribution in [3.8, 4) is 0 Å². The van der Waals surface area contributed by atoms with Gasteiger partial charge in [-0.25, -0.2) is 4.39 Å². The van der Waals surface area contributed by atoms with Crippen molar-refractivity contribution in [1.29, 1.82) is 0 Å². The van der Waals surface area contributed by atoms with Crippen LogP contribution in [0.15, 0.2) is 18.2 Å². The Hall–Kier alpha value is -0.930. The molecule has 0 fully saturated rings. The van der Waals surface area contributed by atoms with E-state index in [2.05, 4.69) is 13.8 Å². The van der Waals surface area contributed by atoms with Crippen LogP contribution in [0.4, 0.5) is 4.39 Å². The van der Waals surface area contributed by atoms with E-state index in [0.29, 0.717) is 12.0 Å². The SMILES string of the molecule is CC1(C)CCC(O)(CN)c2cc(F)ccc21. The molecule has 1 aliphatic rings. The van der Waals surface area contributed by atoms with Crippen molar-refractivity contribution in [2.75, 3.05) is 6.54 Å². The summed E-state index contributed by atoms with van der Waals surface area (Å²) in [6, 6.07) is 4.64. The van der Waals surface area contributed by atoms with Crippen LogP contribution in [0.2, 0.25) is 0 Å². The molecule has 0 heterocycles. The molecule has 0 aromatic heterocycles. The van der Waals surface area contributed by atoms with Gasteiger partial charge < -0.3 is 10.8 Å². The van der Waals surface area contributed by atoms with Crippen LogP contribution in [0, 0.1) is 5.82 Å². The topological polar surface area (TPSA) is 46.2 Å². The monoisotopic (exact) mass is 223 g/mol. The van der Waals surface area contributed by atoms with Crippen LogP contribution in [-0.2, 0) is 11.0 Å². The van der Waals surface area contributed by atoms with Crippen LogP contribution in [0.5, 0.6) is 0 Å². The first kappa shape index (κ1) is 11.6. The van der Waals surface area contributed by atoms with Crippen molar-refractivity contribution in [2.24, 2.45) is 5.73 Å². The Morgan fingerprint density at radius 2 is 2.00 bits per heavy atom. The summed E-state index contributed by atoms with van der Waals surface area (Å²) in [7, 11) is 0. The lowest BCUT2D eigenvalue weighted by molar-refractivity contribution is 0.0172. The van der Waals surface area contributed by atoms with Crippen molar-refractivity contribution in [1.82, 2.24) is 0 Å². The van der Waals surface area contributed by atoms with Crippen molar-refractivity contribution in [3.05, 3.63) is 35.1 Å². The van der Waals surface area contributed by atoms with Gasteiger partial charge in [0.1, 0.15) is 11.4 Å². The first-order chi connectivity index (χ1) is 7.39. The van der Waals surface area contributed by atoms with Gasteiger partial charge in [-0.2, -0.15) is 0 Å². The summed E-state index contributed by atoms with van der Waals surface area (Å²) >= 11 is 0. The van der Waals surface area contributed by atoms with Gasteiger partial charge in [-0.1, -0.05) is 19.9 Å². The van der Waals surface area contributed by atoms with E-state index < -0.39 is 5.60 Å². The normalized spacial score (nSPS) is 27.6. The van der Waals surface area contributed by atoms with E-state index in [0.717, 1.165) is 12.0 Å². The largest absolute Gasteiger partial charge is 0.384 e. The second kappa shape index (κ2) is 3.54. The van der Waals surface area contributed by atoms with Crippen molar-refractivity contribution < 1.29 is 9.50 Å². The standard InChI is InChI=1S/C13H18FNO/c1-12(2)5-6-13(16,8-15)11-7-9(14)3-4-10(11)12/h3-4,7,16H,5-6,8,15H2,1-2H3. The van der Waals surface area contributed by atoms with E-state index in [1.807, 2.05) is 0 Å². The molecule has 0 bridgehead atoms. The van der Waals surface area contributed by atoms with Crippen LogP contribution >= 0.6 is 0 Å².